The second-order valence-corrected chi connectivity index (χ2v) is 6.60. The van der Waals surface area contributed by atoms with E-state index in [4.69, 9.17) is 4.74 Å². The van der Waals surface area contributed by atoms with Crippen LogP contribution in [0.5, 0.6) is 0 Å². The van der Waals surface area contributed by atoms with Gasteiger partial charge in [-0.2, -0.15) is 0 Å². The number of rotatable bonds is 8. The monoisotopic (exact) mass is 284 g/mol. The zero-order valence-electron chi connectivity index (χ0n) is 13.7. The van der Waals surface area contributed by atoms with Gasteiger partial charge in [0.1, 0.15) is 0 Å². The highest BCUT2D eigenvalue weighted by Crippen LogP contribution is 2.20. The summed E-state index contributed by atoms with van der Waals surface area (Å²) in [6.07, 6.45) is 1.08. The molecule has 1 saturated heterocycles. The smallest absolute Gasteiger partial charge is 0.227 e. The van der Waals surface area contributed by atoms with Gasteiger partial charge in [-0.15, -0.1) is 0 Å². The molecular weight excluding hydrogens is 252 g/mol. The molecule has 1 heterocycles. The van der Waals surface area contributed by atoms with Crippen LogP contribution in [0.3, 0.4) is 0 Å². The first-order valence-electron chi connectivity index (χ1n) is 8.06. The Hall–Kier alpha value is -0.610. The average molecular weight is 284 g/mol. The minimum atomic E-state index is -0.0403. The molecule has 1 aliphatic heterocycles. The minimum absolute atomic E-state index is 0.0403. The lowest BCUT2D eigenvalue weighted by atomic mass is 9.85. The molecule has 0 radical (unpaired) electrons. The SMILES string of the molecule is CCCNC1COCC1C(=O)NCC(C(C)C)C(C)C. The Morgan fingerprint density at radius 3 is 2.40 bits per heavy atom. The predicted octanol–water partition coefficient (Wildman–Crippen LogP) is 2.05. The molecule has 0 spiro atoms. The van der Waals surface area contributed by atoms with Crippen LogP contribution in [0.2, 0.25) is 0 Å². The van der Waals surface area contributed by atoms with Crippen LogP contribution in [0.15, 0.2) is 0 Å². The lowest BCUT2D eigenvalue weighted by Gasteiger charge is -2.26. The molecule has 0 aromatic carbocycles. The number of carbonyl (C=O) groups is 1. The molecule has 0 bridgehead atoms. The first-order chi connectivity index (χ1) is 9.47. The van der Waals surface area contributed by atoms with E-state index >= 15 is 0 Å². The summed E-state index contributed by atoms with van der Waals surface area (Å²) in [4.78, 5) is 12.3. The molecule has 0 aliphatic carbocycles. The summed E-state index contributed by atoms with van der Waals surface area (Å²) in [6, 6.07) is 0.173. The van der Waals surface area contributed by atoms with E-state index in [2.05, 4.69) is 45.3 Å². The first kappa shape index (κ1) is 17.4. The van der Waals surface area contributed by atoms with Gasteiger partial charge in [0.05, 0.1) is 19.1 Å². The molecule has 4 nitrogen and oxygen atoms in total. The van der Waals surface area contributed by atoms with Crippen molar-refractivity contribution in [3.8, 4) is 0 Å². The van der Waals surface area contributed by atoms with E-state index in [1.807, 2.05) is 0 Å². The van der Waals surface area contributed by atoms with Gasteiger partial charge in [0, 0.05) is 12.6 Å². The highest BCUT2D eigenvalue weighted by molar-refractivity contribution is 5.79. The van der Waals surface area contributed by atoms with Gasteiger partial charge in [0.15, 0.2) is 0 Å². The Morgan fingerprint density at radius 1 is 1.20 bits per heavy atom. The fraction of sp³-hybridized carbons (Fsp3) is 0.938. The van der Waals surface area contributed by atoms with Gasteiger partial charge in [-0.1, -0.05) is 34.6 Å². The van der Waals surface area contributed by atoms with Crippen molar-refractivity contribution in [3.63, 3.8) is 0 Å². The van der Waals surface area contributed by atoms with Crippen LogP contribution in [-0.4, -0.2) is 38.3 Å². The van der Waals surface area contributed by atoms with Gasteiger partial charge >= 0.3 is 0 Å². The largest absolute Gasteiger partial charge is 0.379 e. The minimum Gasteiger partial charge on any atom is -0.379 e. The maximum absolute atomic E-state index is 12.3. The number of hydrogen-bond donors (Lipinski definition) is 2. The molecule has 1 amide bonds. The predicted molar refractivity (Wildman–Crippen MR) is 82.6 cm³/mol. The average Bonchev–Trinajstić information content (AvgIpc) is 2.83. The van der Waals surface area contributed by atoms with E-state index in [1.54, 1.807) is 0 Å². The van der Waals surface area contributed by atoms with E-state index in [-0.39, 0.29) is 17.9 Å². The first-order valence-corrected chi connectivity index (χ1v) is 8.06. The Balaban J connectivity index is 2.44. The maximum Gasteiger partial charge on any atom is 0.227 e. The third-order valence-corrected chi connectivity index (χ3v) is 4.30. The van der Waals surface area contributed by atoms with E-state index in [1.165, 1.54) is 0 Å². The van der Waals surface area contributed by atoms with E-state index < -0.39 is 0 Å². The van der Waals surface area contributed by atoms with Gasteiger partial charge < -0.3 is 15.4 Å². The van der Waals surface area contributed by atoms with Crippen LogP contribution in [0.4, 0.5) is 0 Å². The molecule has 4 heteroatoms. The molecule has 1 rings (SSSR count). The highest BCUT2D eigenvalue weighted by atomic mass is 16.5. The molecule has 2 atom stereocenters. The van der Waals surface area contributed by atoms with Gasteiger partial charge in [0.2, 0.25) is 5.91 Å². The van der Waals surface area contributed by atoms with Crippen LogP contribution in [0.1, 0.15) is 41.0 Å². The Kier molecular flexibility index (Phi) is 7.52. The summed E-state index contributed by atoms with van der Waals surface area (Å²) in [5, 5.41) is 6.54. The third kappa shape index (κ3) is 5.06. The number of amides is 1. The molecule has 2 unspecified atom stereocenters. The molecule has 0 saturated carbocycles. The molecule has 20 heavy (non-hydrogen) atoms. The molecule has 0 aromatic heterocycles. The van der Waals surface area contributed by atoms with Crippen molar-refractivity contribution in [2.24, 2.45) is 23.7 Å². The van der Waals surface area contributed by atoms with Crippen molar-refractivity contribution in [1.29, 1.82) is 0 Å². The highest BCUT2D eigenvalue weighted by Gasteiger charge is 2.33. The normalized spacial score (nSPS) is 23.0. The lowest BCUT2D eigenvalue weighted by molar-refractivity contribution is -0.125. The summed E-state index contributed by atoms with van der Waals surface area (Å²) < 4.78 is 5.47. The van der Waals surface area contributed by atoms with Crippen molar-refractivity contribution >= 4 is 5.91 Å². The zero-order chi connectivity index (χ0) is 15.1. The Labute approximate surface area is 124 Å². The van der Waals surface area contributed by atoms with Crippen molar-refractivity contribution in [2.45, 2.75) is 47.1 Å². The molecule has 2 N–H and O–H groups in total. The molecule has 1 aliphatic rings. The number of ether oxygens (including phenoxy) is 1. The van der Waals surface area contributed by atoms with Gasteiger partial charge in [-0.05, 0) is 30.7 Å². The van der Waals surface area contributed by atoms with Crippen molar-refractivity contribution in [3.05, 3.63) is 0 Å². The number of carbonyl (C=O) groups excluding carboxylic acids is 1. The third-order valence-electron chi connectivity index (χ3n) is 4.30. The quantitative estimate of drug-likeness (QED) is 0.717. The van der Waals surface area contributed by atoms with E-state index in [0.717, 1.165) is 19.5 Å². The van der Waals surface area contributed by atoms with Crippen molar-refractivity contribution < 1.29 is 9.53 Å². The van der Waals surface area contributed by atoms with Crippen molar-refractivity contribution in [2.75, 3.05) is 26.3 Å². The van der Waals surface area contributed by atoms with Gasteiger partial charge in [0.25, 0.3) is 0 Å². The Morgan fingerprint density at radius 2 is 1.85 bits per heavy atom. The molecular formula is C16H32N2O2. The second-order valence-electron chi connectivity index (χ2n) is 6.60. The fourth-order valence-corrected chi connectivity index (χ4v) is 2.93. The van der Waals surface area contributed by atoms with Gasteiger partial charge in [-0.3, -0.25) is 4.79 Å². The van der Waals surface area contributed by atoms with E-state index in [9.17, 15) is 4.79 Å². The number of nitrogens with one attached hydrogen (secondary N) is 2. The topological polar surface area (TPSA) is 50.4 Å². The molecule has 118 valence electrons. The standard InChI is InChI=1S/C16H32N2O2/c1-6-7-17-15-10-20-9-14(15)16(19)18-8-13(11(2)3)12(4)5/h11-15,17H,6-10H2,1-5H3,(H,18,19). The summed E-state index contributed by atoms with van der Waals surface area (Å²) in [5.41, 5.74) is 0. The van der Waals surface area contributed by atoms with Gasteiger partial charge in [-0.25, -0.2) is 0 Å². The number of hydrogen-bond acceptors (Lipinski definition) is 3. The fourth-order valence-electron chi connectivity index (χ4n) is 2.93. The molecule has 0 aromatic rings. The maximum atomic E-state index is 12.3. The van der Waals surface area contributed by atoms with E-state index in [0.29, 0.717) is 31.0 Å². The summed E-state index contributed by atoms with van der Waals surface area (Å²) >= 11 is 0. The van der Waals surface area contributed by atoms with Crippen LogP contribution in [0.25, 0.3) is 0 Å². The summed E-state index contributed by atoms with van der Waals surface area (Å²) in [5.74, 6) is 1.81. The molecule has 1 fully saturated rings. The summed E-state index contributed by atoms with van der Waals surface area (Å²) in [7, 11) is 0. The van der Waals surface area contributed by atoms with Crippen LogP contribution in [0, 0.1) is 23.7 Å². The van der Waals surface area contributed by atoms with Crippen LogP contribution >= 0.6 is 0 Å². The van der Waals surface area contributed by atoms with Crippen molar-refractivity contribution in [1.82, 2.24) is 10.6 Å². The van der Waals surface area contributed by atoms with Crippen LogP contribution in [-0.2, 0) is 9.53 Å². The second kappa shape index (κ2) is 8.63. The lowest BCUT2D eigenvalue weighted by Crippen LogP contribution is -2.46. The van der Waals surface area contributed by atoms with Crippen LogP contribution < -0.4 is 10.6 Å². The zero-order valence-corrected chi connectivity index (χ0v) is 13.7. The Bertz CT molecular complexity index is 284. The summed E-state index contributed by atoms with van der Waals surface area (Å²) in [6.45, 7) is 13.9.